The van der Waals surface area contributed by atoms with Crippen LogP contribution in [0.2, 0.25) is 0 Å². The normalized spacial score (nSPS) is 25.3. The number of halogens is 1. The molecule has 0 bridgehead atoms. The average molecular weight is 258 g/mol. The van der Waals surface area contributed by atoms with Gasteiger partial charge in [-0.05, 0) is 11.8 Å². The number of rotatable bonds is 4. The summed E-state index contributed by atoms with van der Waals surface area (Å²) in [5.74, 6) is -0.331. The number of nitrogens with one attached hydrogen (secondary N) is 1. The Morgan fingerprint density at radius 2 is 1.94 bits per heavy atom. The summed E-state index contributed by atoms with van der Waals surface area (Å²) in [6.07, 6.45) is 1.36. The van der Waals surface area contributed by atoms with Gasteiger partial charge in [-0.1, -0.05) is 34.1 Å². The molecular weight excluding hydrogens is 235 g/mol. The summed E-state index contributed by atoms with van der Waals surface area (Å²) in [6.45, 7) is 7.01. The van der Waals surface area contributed by atoms with Crippen LogP contribution in [-0.4, -0.2) is 42.0 Å². The number of carbonyl (C=O) groups is 2. The molecule has 1 aliphatic rings. The molecule has 2 amide bonds. The van der Waals surface area contributed by atoms with Gasteiger partial charge in [0.2, 0.25) is 11.8 Å². The van der Waals surface area contributed by atoms with Gasteiger partial charge < -0.3 is 10.2 Å². The van der Waals surface area contributed by atoms with E-state index >= 15 is 0 Å². The molecule has 0 radical (unpaired) electrons. The van der Waals surface area contributed by atoms with E-state index in [1.165, 1.54) is 4.90 Å². The van der Waals surface area contributed by atoms with Gasteiger partial charge in [0.05, 0.1) is 0 Å². The Labute approximate surface area is 108 Å². The minimum absolute atomic E-state index is 0.00347. The van der Waals surface area contributed by atoms with Crippen LogP contribution in [0.4, 0.5) is 4.39 Å². The SMILES string of the molecule is CCCC1C(=O)NC(C(C)(C)C)C(=O)N1CCF. The van der Waals surface area contributed by atoms with Crippen molar-refractivity contribution in [2.75, 3.05) is 13.2 Å². The van der Waals surface area contributed by atoms with Crippen LogP contribution in [0, 0.1) is 5.41 Å². The Hall–Kier alpha value is -1.13. The van der Waals surface area contributed by atoms with Crippen molar-refractivity contribution >= 4 is 11.8 Å². The van der Waals surface area contributed by atoms with E-state index < -0.39 is 18.8 Å². The van der Waals surface area contributed by atoms with Crippen molar-refractivity contribution in [3.05, 3.63) is 0 Å². The molecule has 0 aliphatic carbocycles. The molecule has 0 saturated carbocycles. The van der Waals surface area contributed by atoms with E-state index in [0.717, 1.165) is 6.42 Å². The van der Waals surface area contributed by atoms with Crippen LogP contribution >= 0.6 is 0 Å². The summed E-state index contributed by atoms with van der Waals surface area (Å²) in [7, 11) is 0. The van der Waals surface area contributed by atoms with Crippen LogP contribution < -0.4 is 5.32 Å². The van der Waals surface area contributed by atoms with Crippen molar-refractivity contribution in [3.8, 4) is 0 Å². The highest BCUT2D eigenvalue weighted by atomic mass is 19.1. The van der Waals surface area contributed by atoms with Crippen molar-refractivity contribution in [3.63, 3.8) is 0 Å². The maximum Gasteiger partial charge on any atom is 0.246 e. The first-order valence-corrected chi connectivity index (χ1v) is 6.49. The zero-order valence-corrected chi connectivity index (χ0v) is 11.6. The number of nitrogens with zero attached hydrogens (tertiary/aromatic N) is 1. The molecule has 1 heterocycles. The second kappa shape index (κ2) is 5.67. The lowest BCUT2D eigenvalue weighted by Crippen LogP contribution is -2.66. The fourth-order valence-electron chi connectivity index (χ4n) is 2.27. The number of piperazine rings is 1. The molecule has 5 heteroatoms. The van der Waals surface area contributed by atoms with Crippen molar-refractivity contribution < 1.29 is 14.0 Å². The number of alkyl halides is 1. The molecule has 1 saturated heterocycles. The fourth-order valence-corrected chi connectivity index (χ4v) is 2.27. The lowest BCUT2D eigenvalue weighted by molar-refractivity contribution is -0.152. The average Bonchev–Trinajstić information content (AvgIpc) is 2.26. The lowest BCUT2D eigenvalue weighted by Gasteiger charge is -2.43. The third kappa shape index (κ3) is 3.00. The van der Waals surface area contributed by atoms with E-state index in [1.54, 1.807) is 0 Å². The topological polar surface area (TPSA) is 49.4 Å². The maximum absolute atomic E-state index is 12.6. The predicted molar refractivity (Wildman–Crippen MR) is 67.8 cm³/mol. The Bertz CT molecular complexity index is 325. The first-order valence-electron chi connectivity index (χ1n) is 6.49. The van der Waals surface area contributed by atoms with Crippen LogP contribution in [0.3, 0.4) is 0 Å². The molecule has 0 aromatic carbocycles. The molecule has 1 fully saturated rings. The molecule has 0 aromatic heterocycles. The van der Waals surface area contributed by atoms with Crippen LogP contribution in [0.5, 0.6) is 0 Å². The summed E-state index contributed by atoms with van der Waals surface area (Å²) < 4.78 is 12.6. The molecule has 1 rings (SSSR count). The maximum atomic E-state index is 12.6. The van der Waals surface area contributed by atoms with Crippen molar-refractivity contribution in [1.29, 1.82) is 0 Å². The van der Waals surface area contributed by atoms with Crippen molar-refractivity contribution in [2.24, 2.45) is 5.41 Å². The zero-order valence-electron chi connectivity index (χ0n) is 11.6. The molecule has 2 atom stereocenters. The minimum atomic E-state index is -0.615. The molecule has 4 nitrogen and oxygen atoms in total. The van der Waals surface area contributed by atoms with E-state index in [-0.39, 0.29) is 23.8 Å². The Morgan fingerprint density at radius 3 is 2.39 bits per heavy atom. The number of hydrogen-bond acceptors (Lipinski definition) is 2. The van der Waals surface area contributed by atoms with Crippen molar-refractivity contribution in [1.82, 2.24) is 10.2 Å². The van der Waals surface area contributed by atoms with Crippen molar-refractivity contribution in [2.45, 2.75) is 52.6 Å². The van der Waals surface area contributed by atoms with E-state index in [9.17, 15) is 14.0 Å². The van der Waals surface area contributed by atoms with Crippen LogP contribution in [0.25, 0.3) is 0 Å². The third-order valence-corrected chi connectivity index (χ3v) is 3.25. The molecule has 104 valence electrons. The summed E-state index contributed by atoms with van der Waals surface area (Å²) in [4.78, 5) is 25.8. The summed E-state index contributed by atoms with van der Waals surface area (Å²) in [5.41, 5.74) is -0.363. The molecule has 1 aliphatic heterocycles. The second-order valence-corrected chi connectivity index (χ2v) is 5.83. The summed E-state index contributed by atoms with van der Waals surface area (Å²) in [5, 5.41) is 2.78. The highest BCUT2D eigenvalue weighted by molar-refractivity contribution is 5.97. The number of carbonyl (C=O) groups excluding carboxylic acids is 2. The smallest absolute Gasteiger partial charge is 0.246 e. The second-order valence-electron chi connectivity index (χ2n) is 5.83. The molecule has 0 spiro atoms. The van der Waals surface area contributed by atoms with Gasteiger partial charge in [-0.15, -0.1) is 0 Å². The molecular formula is C13H23FN2O2. The standard InChI is InChI=1S/C13H23FN2O2/c1-5-6-9-11(17)15-10(13(2,3)4)12(18)16(9)8-7-14/h9-10H,5-8H2,1-4H3,(H,15,17). The zero-order chi connectivity index (χ0) is 13.9. The van der Waals surface area contributed by atoms with Gasteiger partial charge in [0.25, 0.3) is 0 Å². The fraction of sp³-hybridized carbons (Fsp3) is 0.846. The van der Waals surface area contributed by atoms with Gasteiger partial charge in [-0.3, -0.25) is 9.59 Å². The van der Waals surface area contributed by atoms with Crippen LogP contribution in [0.15, 0.2) is 0 Å². The van der Waals surface area contributed by atoms with Crippen LogP contribution in [0.1, 0.15) is 40.5 Å². The quantitative estimate of drug-likeness (QED) is 0.830. The van der Waals surface area contributed by atoms with Gasteiger partial charge in [0.15, 0.2) is 0 Å². The van der Waals surface area contributed by atoms with E-state index in [0.29, 0.717) is 6.42 Å². The number of hydrogen-bond donors (Lipinski definition) is 1. The molecule has 18 heavy (non-hydrogen) atoms. The Morgan fingerprint density at radius 1 is 1.33 bits per heavy atom. The van der Waals surface area contributed by atoms with Crippen LogP contribution in [-0.2, 0) is 9.59 Å². The summed E-state index contributed by atoms with van der Waals surface area (Å²) in [6, 6.07) is -1.08. The van der Waals surface area contributed by atoms with Gasteiger partial charge in [-0.25, -0.2) is 4.39 Å². The molecule has 2 unspecified atom stereocenters. The van der Waals surface area contributed by atoms with Gasteiger partial charge in [-0.2, -0.15) is 0 Å². The first-order chi connectivity index (χ1) is 8.32. The Balaban J connectivity index is 2.97. The van der Waals surface area contributed by atoms with Gasteiger partial charge in [0.1, 0.15) is 18.8 Å². The van der Waals surface area contributed by atoms with E-state index in [2.05, 4.69) is 5.32 Å². The van der Waals surface area contributed by atoms with Gasteiger partial charge in [0, 0.05) is 6.54 Å². The minimum Gasteiger partial charge on any atom is -0.342 e. The highest BCUT2D eigenvalue weighted by Gasteiger charge is 2.44. The van der Waals surface area contributed by atoms with Gasteiger partial charge >= 0.3 is 0 Å². The van der Waals surface area contributed by atoms with E-state index in [1.807, 2.05) is 27.7 Å². The lowest BCUT2D eigenvalue weighted by atomic mass is 9.83. The van der Waals surface area contributed by atoms with E-state index in [4.69, 9.17) is 0 Å². The monoisotopic (exact) mass is 258 g/mol. The first kappa shape index (κ1) is 14.9. The highest BCUT2D eigenvalue weighted by Crippen LogP contribution is 2.26. The Kier molecular flexibility index (Phi) is 4.71. The summed E-state index contributed by atoms with van der Waals surface area (Å²) >= 11 is 0. The molecule has 0 aromatic rings. The number of amides is 2. The molecule has 1 N–H and O–H groups in total. The third-order valence-electron chi connectivity index (χ3n) is 3.25. The largest absolute Gasteiger partial charge is 0.342 e. The predicted octanol–water partition coefficient (Wildman–Crippen LogP) is 1.50.